The predicted octanol–water partition coefficient (Wildman–Crippen LogP) is 2.91. The second kappa shape index (κ2) is 6.54. The van der Waals surface area contributed by atoms with Crippen LogP contribution < -0.4 is 10.1 Å². The maximum Gasteiger partial charge on any atom is 0.263 e. The lowest BCUT2D eigenvalue weighted by Crippen LogP contribution is -2.27. The number of carbonyl (C=O) groups excluding carboxylic acids is 1. The van der Waals surface area contributed by atoms with E-state index >= 15 is 0 Å². The third-order valence-corrected chi connectivity index (χ3v) is 3.57. The molecule has 4 nitrogen and oxygen atoms in total. The van der Waals surface area contributed by atoms with Crippen LogP contribution in [0.25, 0.3) is 0 Å². The van der Waals surface area contributed by atoms with E-state index in [1.54, 1.807) is 17.6 Å². The lowest BCUT2D eigenvalue weighted by atomic mass is 10.3. The van der Waals surface area contributed by atoms with Gasteiger partial charge in [-0.3, -0.25) is 4.79 Å². The van der Waals surface area contributed by atoms with Crippen molar-refractivity contribution < 1.29 is 9.53 Å². The third-order valence-electron chi connectivity index (χ3n) is 2.40. The van der Waals surface area contributed by atoms with E-state index in [0.29, 0.717) is 28.8 Å². The normalized spacial score (nSPS) is 10.2. The van der Waals surface area contributed by atoms with Crippen molar-refractivity contribution in [3.63, 3.8) is 0 Å². The molecule has 0 bridgehead atoms. The van der Waals surface area contributed by atoms with E-state index < -0.39 is 0 Å². The van der Waals surface area contributed by atoms with E-state index in [4.69, 9.17) is 16.3 Å². The summed E-state index contributed by atoms with van der Waals surface area (Å²) in [5.74, 6) is 0.574. The van der Waals surface area contributed by atoms with E-state index in [9.17, 15) is 4.79 Å². The van der Waals surface area contributed by atoms with Gasteiger partial charge in [0.2, 0.25) is 0 Å². The highest BCUT2D eigenvalue weighted by atomic mass is 35.5. The average molecular weight is 297 g/mol. The molecule has 0 radical (unpaired) electrons. The minimum atomic E-state index is -0.116. The number of nitrogens with zero attached hydrogens (tertiary/aromatic N) is 1. The molecule has 0 aliphatic carbocycles. The van der Waals surface area contributed by atoms with E-state index in [1.807, 2.05) is 19.1 Å². The van der Waals surface area contributed by atoms with Gasteiger partial charge >= 0.3 is 0 Å². The SMILES string of the molecule is Cc1ncsc1C(=O)NCCOc1cccc(Cl)c1. The Labute approximate surface area is 120 Å². The Balaban J connectivity index is 1.75. The number of carbonyl (C=O) groups is 1. The van der Waals surface area contributed by atoms with Crippen LogP contribution in [0.4, 0.5) is 0 Å². The Morgan fingerprint density at radius 2 is 2.37 bits per heavy atom. The summed E-state index contributed by atoms with van der Waals surface area (Å²) in [4.78, 5) is 16.5. The minimum Gasteiger partial charge on any atom is -0.492 e. The molecule has 0 atom stereocenters. The van der Waals surface area contributed by atoms with E-state index in [1.165, 1.54) is 11.3 Å². The van der Waals surface area contributed by atoms with Crippen LogP contribution in [0.2, 0.25) is 5.02 Å². The largest absolute Gasteiger partial charge is 0.492 e. The van der Waals surface area contributed by atoms with Crippen LogP contribution in [-0.4, -0.2) is 24.0 Å². The molecule has 0 aliphatic heterocycles. The Bertz CT molecular complexity index is 571. The molecule has 100 valence electrons. The summed E-state index contributed by atoms with van der Waals surface area (Å²) in [6.07, 6.45) is 0. The van der Waals surface area contributed by atoms with Crippen LogP contribution in [0.15, 0.2) is 29.8 Å². The minimum absolute atomic E-state index is 0.116. The van der Waals surface area contributed by atoms with Gasteiger partial charge in [0.1, 0.15) is 17.2 Å². The number of halogens is 1. The first-order valence-electron chi connectivity index (χ1n) is 5.73. The Morgan fingerprint density at radius 3 is 3.05 bits per heavy atom. The predicted molar refractivity (Wildman–Crippen MR) is 76.1 cm³/mol. The zero-order chi connectivity index (χ0) is 13.7. The van der Waals surface area contributed by atoms with Gasteiger partial charge in [0.25, 0.3) is 5.91 Å². The lowest BCUT2D eigenvalue weighted by Gasteiger charge is -2.07. The van der Waals surface area contributed by atoms with Gasteiger partial charge in [-0.1, -0.05) is 17.7 Å². The number of aromatic nitrogens is 1. The van der Waals surface area contributed by atoms with Gasteiger partial charge in [0.15, 0.2) is 0 Å². The van der Waals surface area contributed by atoms with Crippen molar-refractivity contribution in [1.29, 1.82) is 0 Å². The quantitative estimate of drug-likeness (QED) is 0.863. The van der Waals surface area contributed by atoms with Crippen molar-refractivity contribution in [3.05, 3.63) is 45.4 Å². The highest BCUT2D eigenvalue weighted by Crippen LogP contribution is 2.16. The van der Waals surface area contributed by atoms with E-state index in [-0.39, 0.29) is 5.91 Å². The molecule has 1 aromatic carbocycles. The zero-order valence-corrected chi connectivity index (χ0v) is 11.9. The standard InChI is InChI=1S/C13H13ClN2O2S/c1-9-12(19-8-16-9)13(17)15-5-6-18-11-4-2-3-10(14)7-11/h2-4,7-8H,5-6H2,1H3,(H,15,17). The second-order valence-electron chi connectivity index (χ2n) is 3.83. The number of aryl methyl sites for hydroxylation is 1. The van der Waals surface area contributed by atoms with Crippen LogP contribution in [0.3, 0.4) is 0 Å². The first kappa shape index (κ1) is 13.8. The molecular formula is C13H13ClN2O2S. The highest BCUT2D eigenvalue weighted by molar-refractivity contribution is 7.11. The van der Waals surface area contributed by atoms with Crippen LogP contribution in [0.1, 0.15) is 15.4 Å². The molecule has 0 aliphatic rings. The van der Waals surface area contributed by atoms with E-state index in [2.05, 4.69) is 10.3 Å². The first-order valence-corrected chi connectivity index (χ1v) is 6.99. The Kier molecular flexibility index (Phi) is 4.76. The van der Waals surface area contributed by atoms with Gasteiger partial charge in [-0.2, -0.15) is 0 Å². The first-order chi connectivity index (χ1) is 9.16. The molecule has 0 spiro atoms. The summed E-state index contributed by atoms with van der Waals surface area (Å²) in [6, 6.07) is 7.15. The molecule has 19 heavy (non-hydrogen) atoms. The van der Waals surface area contributed by atoms with Crippen LogP contribution in [0.5, 0.6) is 5.75 Å². The van der Waals surface area contributed by atoms with Gasteiger partial charge in [-0.15, -0.1) is 11.3 Å². The van der Waals surface area contributed by atoms with Gasteiger partial charge in [0, 0.05) is 5.02 Å². The summed E-state index contributed by atoms with van der Waals surface area (Å²) in [7, 11) is 0. The summed E-state index contributed by atoms with van der Waals surface area (Å²) in [5, 5.41) is 3.41. The number of benzene rings is 1. The number of hydrogen-bond donors (Lipinski definition) is 1. The summed E-state index contributed by atoms with van der Waals surface area (Å²) >= 11 is 7.17. The van der Waals surface area contributed by atoms with Crippen LogP contribution >= 0.6 is 22.9 Å². The van der Waals surface area contributed by atoms with Crippen molar-refractivity contribution >= 4 is 28.8 Å². The number of hydrogen-bond acceptors (Lipinski definition) is 4. The fourth-order valence-corrected chi connectivity index (χ4v) is 2.39. The second-order valence-corrected chi connectivity index (χ2v) is 5.12. The molecule has 2 rings (SSSR count). The lowest BCUT2D eigenvalue weighted by molar-refractivity contribution is 0.0950. The fraction of sp³-hybridized carbons (Fsp3) is 0.231. The molecule has 1 aromatic heterocycles. The number of thiazole rings is 1. The number of rotatable bonds is 5. The number of ether oxygens (including phenoxy) is 1. The fourth-order valence-electron chi connectivity index (χ4n) is 1.49. The van der Waals surface area contributed by atoms with Crippen molar-refractivity contribution in [2.75, 3.05) is 13.2 Å². The summed E-state index contributed by atoms with van der Waals surface area (Å²) in [6.45, 7) is 2.64. The van der Waals surface area contributed by atoms with Crippen LogP contribution in [-0.2, 0) is 0 Å². The van der Waals surface area contributed by atoms with Gasteiger partial charge < -0.3 is 10.1 Å². The molecule has 0 unspecified atom stereocenters. The maximum atomic E-state index is 11.8. The number of amides is 1. The number of nitrogens with one attached hydrogen (secondary N) is 1. The Morgan fingerprint density at radius 1 is 1.53 bits per heavy atom. The smallest absolute Gasteiger partial charge is 0.263 e. The monoisotopic (exact) mass is 296 g/mol. The average Bonchev–Trinajstić information content (AvgIpc) is 2.81. The van der Waals surface area contributed by atoms with Crippen molar-refractivity contribution in [2.45, 2.75) is 6.92 Å². The molecule has 0 fully saturated rings. The van der Waals surface area contributed by atoms with Gasteiger partial charge in [0.05, 0.1) is 17.7 Å². The summed E-state index contributed by atoms with van der Waals surface area (Å²) in [5.41, 5.74) is 2.41. The summed E-state index contributed by atoms with van der Waals surface area (Å²) < 4.78 is 5.47. The van der Waals surface area contributed by atoms with Crippen molar-refractivity contribution in [2.24, 2.45) is 0 Å². The maximum absolute atomic E-state index is 11.8. The van der Waals surface area contributed by atoms with Gasteiger partial charge in [-0.25, -0.2) is 4.98 Å². The third kappa shape index (κ3) is 3.94. The molecule has 6 heteroatoms. The molecule has 1 amide bonds. The molecule has 0 saturated heterocycles. The molecule has 2 aromatic rings. The molecule has 1 N–H and O–H groups in total. The van der Waals surface area contributed by atoms with E-state index in [0.717, 1.165) is 5.69 Å². The molecular weight excluding hydrogens is 284 g/mol. The highest BCUT2D eigenvalue weighted by Gasteiger charge is 2.10. The molecule has 1 heterocycles. The van der Waals surface area contributed by atoms with Crippen LogP contribution in [0, 0.1) is 6.92 Å². The van der Waals surface area contributed by atoms with Gasteiger partial charge in [-0.05, 0) is 25.1 Å². The zero-order valence-electron chi connectivity index (χ0n) is 10.4. The molecule has 0 saturated carbocycles. The Hall–Kier alpha value is -1.59. The van der Waals surface area contributed by atoms with Crippen molar-refractivity contribution in [3.8, 4) is 5.75 Å². The van der Waals surface area contributed by atoms with Crippen molar-refractivity contribution in [1.82, 2.24) is 10.3 Å². The topological polar surface area (TPSA) is 51.2 Å².